The average molecular weight is 334 g/mol. The van der Waals surface area contributed by atoms with Crippen LogP contribution in [0.2, 0.25) is 0 Å². The molecule has 1 fully saturated rings. The van der Waals surface area contributed by atoms with Crippen molar-refractivity contribution in [2.75, 3.05) is 23.4 Å². The lowest BCUT2D eigenvalue weighted by atomic mass is 10.2. The van der Waals surface area contributed by atoms with E-state index in [1.54, 1.807) is 0 Å². The van der Waals surface area contributed by atoms with Crippen molar-refractivity contribution in [2.45, 2.75) is 45.6 Å². The first-order valence-corrected chi connectivity index (χ1v) is 9.49. The van der Waals surface area contributed by atoms with Crippen molar-refractivity contribution in [3.63, 3.8) is 0 Å². The van der Waals surface area contributed by atoms with Gasteiger partial charge < -0.3 is 10.2 Å². The second-order valence-corrected chi connectivity index (χ2v) is 7.01. The number of amides is 2. The summed E-state index contributed by atoms with van der Waals surface area (Å²) in [5.41, 5.74) is 1.96. The fraction of sp³-hybridized carbons (Fsp3) is 0.556. The largest absolute Gasteiger partial charge is 0.339 e. The molecule has 1 N–H and O–H groups in total. The molecular formula is C18H26N2O2S. The van der Waals surface area contributed by atoms with E-state index in [0.29, 0.717) is 17.5 Å². The van der Waals surface area contributed by atoms with E-state index in [9.17, 15) is 9.59 Å². The van der Waals surface area contributed by atoms with Crippen LogP contribution >= 0.6 is 11.8 Å². The lowest BCUT2D eigenvalue weighted by Gasteiger charge is -2.27. The number of thioether (sulfide) groups is 1. The average Bonchev–Trinajstić information content (AvgIpc) is 3.04. The van der Waals surface area contributed by atoms with Crippen LogP contribution in [0.1, 0.15) is 38.2 Å². The van der Waals surface area contributed by atoms with Crippen LogP contribution in [0.25, 0.3) is 0 Å². The zero-order valence-corrected chi connectivity index (χ0v) is 14.8. The van der Waals surface area contributed by atoms with Crippen molar-refractivity contribution >= 4 is 29.3 Å². The maximum absolute atomic E-state index is 12.3. The second kappa shape index (κ2) is 8.96. The normalized spacial score (nSPS) is 14.7. The molecule has 0 heterocycles. The molecule has 1 saturated carbocycles. The van der Waals surface area contributed by atoms with Crippen LogP contribution in [-0.4, -0.2) is 40.8 Å². The predicted octanol–water partition coefficient (Wildman–Crippen LogP) is 3.46. The highest BCUT2D eigenvalue weighted by molar-refractivity contribution is 8.00. The Labute approximate surface area is 143 Å². The van der Waals surface area contributed by atoms with Gasteiger partial charge in [0.2, 0.25) is 11.8 Å². The van der Waals surface area contributed by atoms with Crippen molar-refractivity contribution in [3.8, 4) is 0 Å². The molecule has 0 bridgehead atoms. The number of aryl methyl sites for hydroxylation is 1. The highest BCUT2D eigenvalue weighted by Gasteiger charge is 2.25. The van der Waals surface area contributed by atoms with Crippen molar-refractivity contribution in [1.82, 2.24) is 4.90 Å². The van der Waals surface area contributed by atoms with E-state index in [4.69, 9.17) is 0 Å². The van der Waals surface area contributed by atoms with Crippen LogP contribution in [0.15, 0.2) is 24.3 Å². The van der Waals surface area contributed by atoms with Crippen LogP contribution in [0, 0.1) is 6.92 Å². The molecule has 2 rings (SSSR count). The molecule has 1 aliphatic rings. The maximum Gasteiger partial charge on any atom is 0.234 e. The molecular weight excluding hydrogens is 308 g/mol. The van der Waals surface area contributed by atoms with Crippen LogP contribution in [0.5, 0.6) is 0 Å². The van der Waals surface area contributed by atoms with Gasteiger partial charge in [0.15, 0.2) is 0 Å². The number of nitrogens with zero attached hydrogens (tertiary/aromatic N) is 1. The first-order chi connectivity index (χ1) is 11.1. The number of anilines is 1. The molecule has 2 amide bonds. The van der Waals surface area contributed by atoms with E-state index in [0.717, 1.165) is 30.6 Å². The van der Waals surface area contributed by atoms with Gasteiger partial charge in [0.1, 0.15) is 0 Å². The minimum atomic E-state index is -0.0597. The number of carbonyl (C=O) groups excluding carboxylic acids is 2. The first-order valence-electron chi connectivity index (χ1n) is 8.34. The zero-order valence-electron chi connectivity index (χ0n) is 14.0. The minimum absolute atomic E-state index is 0.0597. The van der Waals surface area contributed by atoms with Gasteiger partial charge in [-0.3, -0.25) is 9.59 Å². The molecule has 126 valence electrons. The predicted molar refractivity (Wildman–Crippen MR) is 96.8 cm³/mol. The zero-order chi connectivity index (χ0) is 16.7. The smallest absolute Gasteiger partial charge is 0.234 e. The summed E-state index contributed by atoms with van der Waals surface area (Å²) in [6.07, 6.45) is 4.69. The lowest BCUT2D eigenvalue weighted by Crippen LogP contribution is -2.39. The van der Waals surface area contributed by atoms with Crippen molar-refractivity contribution in [3.05, 3.63) is 29.8 Å². The standard InChI is InChI=1S/C18H26N2O2S/c1-3-20(16-6-4-5-7-16)18(22)13-23-12-17(21)19-15-10-8-14(2)9-11-15/h8-11,16H,3-7,12-13H2,1-2H3,(H,19,21). The summed E-state index contributed by atoms with van der Waals surface area (Å²) >= 11 is 1.39. The number of carbonyl (C=O) groups is 2. The Morgan fingerprint density at radius 2 is 1.83 bits per heavy atom. The summed E-state index contributed by atoms with van der Waals surface area (Å²) in [6, 6.07) is 8.12. The number of benzene rings is 1. The van der Waals surface area contributed by atoms with E-state index < -0.39 is 0 Å². The highest BCUT2D eigenvalue weighted by Crippen LogP contribution is 2.24. The Bertz CT molecular complexity index is 524. The molecule has 1 aromatic carbocycles. The topological polar surface area (TPSA) is 49.4 Å². The third-order valence-electron chi connectivity index (χ3n) is 4.22. The summed E-state index contributed by atoms with van der Waals surface area (Å²) in [7, 11) is 0. The first kappa shape index (κ1) is 17.9. The van der Waals surface area contributed by atoms with Gasteiger partial charge in [0, 0.05) is 18.3 Å². The van der Waals surface area contributed by atoms with Gasteiger partial charge in [0.25, 0.3) is 0 Å². The van der Waals surface area contributed by atoms with Crippen molar-refractivity contribution in [1.29, 1.82) is 0 Å². The molecule has 0 spiro atoms. The molecule has 5 heteroatoms. The number of rotatable bonds is 7. The van der Waals surface area contributed by atoms with E-state index >= 15 is 0 Å². The fourth-order valence-corrected chi connectivity index (χ4v) is 3.70. The Balaban J connectivity index is 1.71. The summed E-state index contributed by atoms with van der Waals surface area (Å²) in [6.45, 7) is 4.81. The minimum Gasteiger partial charge on any atom is -0.339 e. The van der Waals surface area contributed by atoms with Gasteiger partial charge in [0.05, 0.1) is 11.5 Å². The van der Waals surface area contributed by atoms with Crippen LogP contribution in [-0.2, 0) is 9.59 Å². The van der Waals surface area contributed by atoms with Crippen LogP contribution in [0.4, 0.5) is 5.69 Å². The van der Waals surface area contributed by atoms with E-state index in [-0.39, 0.29) is 11.8 Å². The summed E-state index contributed by atoms with van der Waals surface area (Å²) in [5, 5.41) is 2.86. The Hall–Kier alpha value is -1.49. The van der Waals surface area contributed by atoms with Crippen molar-refractivity contribution < 1.29 is 9.59 Å². The van der Waals surface area contributed by atoms with Gasteiger partial charge in [-0.05, 0) is 38.8 Å². The van der Waals surface area contributed by atoms with E-state index in [2.05, 4.69) is 5.32 Å². The van der Waals surface area contributed by atoms with Gasteiger partial charge >= 0.3 is 0 Å². The summed E-state index contributed by atoms with van der Waals surface area (Å²) in [5.74, 6) is 0.788. The lowest BCUT2D eigenvalue weighted by molar-refractivity contribution is -0.130. The van der Waals surface area contributed by atoms with Crippen LogP contribution in [0.3, 0.4) is 0 Å². The van der Waals surface area contributed by atoms with E-state index in [1.807, 2.05) is 43.0 Å². The molecule has 1 aromatic rings. The third-order valence-corrected chi connectivity index (χ3v) is 5.14. The summed E-state index contributed by atoms with van der Waals surface area (Å²) in [4.78, 5) is 26.2. The summed E-state index contributed by atoms with van der Waals surface area (Å²) < 4.78 is 0. The fourth-order valence-electron chi connectivity index (χ4n) is 3.00. The molecule has 0 radical (unpaired) electrons. The van der Waals surface area contributed by atoms with Crippen molar-refractivity contribution in [2.24, 2.45) is 0 Å². The molecule has 0 unspecified atom stereocenters. The molecule has 4 nitrogen and oxygen atoms in total. The van der Waals surface area contributed by atoms with Crippen LogP contribution < -0.4 is 5.32 Å². The number of hydrogen-bond donors (Lipinski definition) is 1. The maximum atomic E-state index is 12.3. The van der Waals surface area contributed by atoms with Gasteiger partial charge in [-0.2, -0.15) is 0 Å². The van der Waals surface area contributed by atoms with Gasteiger partial charge in [-0.25, -0.2) is 0 Å². The number of nitrogens with one attached hydrogen (secondary N) is 1. The second-order valence-electron chi connectivity index (χ2n) is 6.03. The molecule has 23 heavy (non-hydrogen) atoms. The quantitative estimate of drug-likeness (QED) is 0.831. The third kappa shape index (κ3) is 5.57. The Kier molecular flexibility index (Phi) is 6.96. The molecule has 0 aliphatic heterocycles. The molecule has 0 atom stereocenters. The Morgan fingerprint density at radius 3 is 2.43 bits per heavy atom. The molecule has 1 aliphatic carbocycles. The number of hydrogen-bond acceptors (Lipinski definition) is 3. The molecule has 0 aromatic heterocycles. The SMILES string of the molecule is CCN(C(=O)CSCC(=O)Nc1ccc(C)cc1)C1CCCC1. The monoisotopic (exact) mass is 334 g/mol. The van der Waals surface area contributed by atoms with Gasteiger partial charge in [-0.15, -0.1) is 11.8 Å². The van der Waals surface area contributed by atoms with Gasteiger partial charge in [-0.1, -0.05) is 30.5 Å². The van der Waals surface area contributed by atoms with E-state index in [1.165, 1.54) is 24.6 Å². The highest BCUT2D eigenvalue weighted by atomic mass is 32.2. The Morgan fingerprint density at radius 1 is 1.17 bits per heavy atom. The molecule has 0 saturated heterocycles.